The van der Waals surface area contributed by atoms with Crippen LogP contribution in [-0.4, -0.2) is 67.5 Å². The Morgan fingerprint density at radius 2 is 1.46 bits per heavy atom. The van der Waals surface area contributed by atoms with Crippen LogP contribution in [0.25, 0.3) is 0 Å². The van der Waals surface area contributed by atoms with Crippen molar-refractivity contribution in [3.05, 3.63) is 0 Å². The van der Waals surface area contributed by atoms with Crippen molar-refractivity contribution in [1.29, 1.82) is 0 Å². The van der Waals surface area contributed by atoms with E-state index in [0.717, 1.165) is 32.4 Å². The fourth-order valence-electron chi connectivity index (χ4n) is 5.02. The third kappa shape index (κ3) is 3.42. The zero-order chi connectivity index (χ0) is 19.3. The van der Waals surface area contributed by atoms with E-state index in [1.54, 1.807) is 0 Å². The molecule has 0 spiro atoms. The Morgan fingerprint density at radius 1 is 1.00 bits per heavy atom. The van der Waals surface area contributed by atoms with Crippen LogP contribution in [0.1, 0.15) is 33.1 Å². The van der Waals surface area contributed by atoms with E-state index in [2.05, 4.69) is 62.8 Å². The lowest BCUT2D eigenvalue weighted by molar-refractivity contribution is -0.118. The molecule has 3 aliphatic rings. The maximum absolute atomic E-state index is 13.9. The highest BCUT2D eigenvalue weighted by Crippen LogP contribution is 2.42. The maximum Gasteiger partial charge on any atom is 0.234 e. The lowest BCUT2D eigenvalue weighted by Crippen LogP contribution is -2.80. The van der Waals surface area contributed by atoms with Gasteiger partial charge in [0.2, 0.25) is 7.59 Å². The molecule has 0 radical (unpaired) electrons. The van der Waals surface area contributed by atoms with Crippen molar-refractivity contribution in [2.24, 2.45) is 0 Å². The minimum Gasteiger partial charge on any atom is -0.414 e. The van der Waals surface area contributed by atoms with Crippen LogP contribution in [-0.2, 0) is 14.0 Å². The molecule has 4 atom stereocenters. The van der Waals surface area contributed by atoms with Crippen LogP contribution in [0.2, 0.25) is 19.1 Å². The van der Waals surface area contributed by atoms with E-state index in [-0.39, 0.29) is 39.0 Å². The highest BCUT2D eigenvalue weighted by atomic mass is 32.1. The molecular formula is C17H32N2O3S2Si2. The van der Waals surface area contributed by atoms with Crippen molar-refractivity contribution in [3.8, 4) is 0 Å². The normalized spacial score (nSPS) is 41.9. The number of rotatable bonds is 4. The third-order valence-corrected chi connectivity index (χ3v) is 22.7. The lowest BCUT2D eigenvalue weighted by Gasteiger charge is -2.51. The van der Waals surface area contributed by atoms with Crippen molar-refractivity contribution in [2.45, 2.75) is 80.4 Å². The first kappa shape index (κ1) is 21.1. The molecule has 0 bridgehead atoms. The van der Waals surface area contributed by atoms with Gasteiger partial charge in [-0.15, -0.1) is 0 Å². The summed E-state index contributed by atoms with van der Waals surface area (Å²) in [5.74, 6) is 0. The minimum absolute atomic E-state index is 0.0113. The van der Waals surface area contributed by atoms with E-state index < -0.39 is 15.4 Å². The molecule has 0 aromatic rings. The molecule has 9 heteroatoms. The molecule has 0 aromatic carbocycles. The lowest BCUT2D eigenvalue weighted by atomic mass is 10.1. The smallest absolute Gasteiger partial charge is 0.234 e. The summed E-state index contributed by atoms with van der Waals surface area (Å²) >= 11 is 9.28. The van der Waals surface area contributed by atoms with Gasteiger partial charge in [-0.3, -0.25) is 0 Å². The van der Waals surface area contributed by atoms with Crippen LogP contribution in [0, 0.1) is 0 Å². The van der Waals surface area contributed by atoms with Crippen LogP contribution in [0.4, 0.5) is 0 Å². The average Bonchev–Trinajstić information content (AvgIpc) is 3.13. The van der Waals surface area contributed by atoms with Crippen molar-refractivity contribution < 1.29 is 14.0 Å². The van der Waals surface area contributed by atoms with Crippen LogP contribution in [0.3, 0.4) is 0 Å². The summed E-state index contributed by atoms with van der Waals surface area (Å²) in [6.07, 6.45) is 2.49. The molecule has 0 saturated carbocycles. The topological polar surface area (TPSA) is 67.4 Å². The van der Waals surface area contributed by atoms with E-state index >= 15 is 0 Å². The molecule has 3 rings (SSSR count). The van der Waals surface area contributed by atoms with Gasteiger partial charge in [0.15, 0.2) is 7.83 Å². The molecule has 148 valence electrons. The van der Waals surface area contributed by atoms with Gasteiger partial charge < -0.3 is 24.6 Å². The van der Waals surface area contributed by atoms with Gasteiger partial charge in [-0.05, 0) is 65.3 Å². The Bertz CT molecular complexity index is 571. The van der Waals surface area contributed by atoms with Gasteiger partial charge in [0, 0.05) is 10.5 Å². The molecule has 3 saturated heterocycles. The first-order chi connectivity index (χ1) is 12.0. The Hall–Kier alpha value is 0.354. The van der Waals surface area contributed by atoms with Crippen molar-refractivity contribution in [1.82, 2.24) is 10.6 Å². The number of hydrogen-bond acceptors (Lipinski definition) is 7. The number of thiol groups is 2. The van der Waals surface area contributed by atoms with E-state index in [1.165, 1.54) is 0 Å². The van der Waals surface area contributed by atoms with Gasteiger partial charge in [0.1, 0.15) is 10.8 Å². The van der Waals surface area contributed by atoms with Crippen LogP contribution < -0.4 is 10.6 Å². The molecular weight excluding hydrogens is 401 g/mol. The summed E-state index contributed by atoms with van der Waals surface area (Å²) in [4.78, 5) is 27.8. The highest BCUT2D eigenvalue weighted by Gasteiger charge is 2.68. The second kappa shape index (κ2) is 7.31. The molecule has 5 nitrogen and oxygen atoms in total. The highest BCUT2D eigenvalue weighted by molar-refractivity contribution is 7.81. The van der Waals surface area contributed by atoms with Crippen LogP contribution >= 0.6 is 25.3 Å². The summed E-state index contributed by atoms with van der Waals surface area (Å²) < 4.78 is 6.56. The molecule has 4 unspecified atom stereocenters. The Kier molecular flexibility index (Phi) is 5.92. The number of carbonyl (C=O) groups is 2. The average molecular weight is 433 g/mol. The fraction of sp³-hybridized carbons (Fsp3) is 0.882. The van der Waals surface area contributed by atoms with Gasteiger partial charge in [-0.25, -0.2) is 0 Å². The Morgan fingerprint density at radius 3 is 1.81 bits per heavy atom. The number of hydrogen-bond donors (Lipinski definition) is 4. The monoisotopic (exact) mass is 432 g/mol. The summed E-state index contributed by atoms with van der Waals surface area (Å²) in [6.45, 7) is 9.93. The van der Waals surface area contributed by atoms with Gasteiger partial charge >= 0.3 is 0 Å². The minimum atomic E-state index is -3.00. The quantitative estimate of drug-likeness (QED) is 0.400. The van der Waals surface area contributed by atoms with E-state index in [9.17, 15) is 9.59 Å². The summed E-state index contributed by atoms with van der Waals surface area (Å²) in [5.41, 5.74) is -0.264. The molecule has 0 amide bonds. The second-order valence-electron chi connectivity index (χ2n) is 9.08. The van der Waals surface area contributed by atoms with Crippen LogP contribution in [0.5, 0.6) is 0 Å². The first-order valence-electron chi connectivity index (χ1n) is 9.63. The predicted octanol–water partition coefficient (Wildman–Crippen LogP) is 1.45. The fourth-order valence-corrected chi connectivity index (χ4v) is 20.9. The molecule has 3 fully saturated rings. The number of nitrogens with one attached hydrogen (secondary N) is 2. The molecule has 3 aliphatic heterocycles. The standard InChI is InChI=1S/C17H32N2O3S2Si2/c1-17(2)7-10-26(25(3,4)22-17,15(20)13-11(23)5-8-18-13)16(21)14-12(24)6-9-19-14/h11-14,18-19,23-24H,5-10H2,1-4H3. The Balaban J connectivity index is 2.04. The van der Waals surface area contributed by atoms with E-state index in [1.807, 2.05) is 0 Å². The first-order valence-corrected chi connectivity index (χ1v) is 16.8. The van der Waals surface area contributed by atoms with Crippen molar-refractivity contribution >= 4 is 51.5 Å². The van der Waals surface area contributed by atoms with Gasteiger partial charge in [0.05, 0.1) is 17.7 Å². The van der Waals surface area contributed by atoms with Gasteiger partial charge in [-0.1, -0.05) is 0 Å². The second-order valence-corrected chi connectivity index (χ2v) is 23.1. The molecule has 26 heavy (non-hydrogen) atoms. The Labute approximate surface area is 169 Å². The predicted molar refractivity (Wildman–Crippen MR) is 116 cm³/mol. The molecule has 0 aromatic heterocycles. The number of carbonyl (C=O) groups excluding carboxylic acids is 2. The van der Waals surface area contributed by atoms with Crippen molar-refractivity contribution in [2.75, 3.05) is 13.1 Å². The van der Waals surface area contributed by atoms with E-state index in [0.29, 0.717) is 6.04 Å². The summed E-state index contributed by atoms with van der Waals surface area (Å²) in [6, 6.07) is 0.0736. The molecule has 2 N–H and O–H groups in total. The maximum atomic E-state index is 13.9. The zero-order valence-electron chi connectivity index (χ0n) is 16.2. The summed E-state index contributed by atoms with van der Waals surface area (Å²) in [5, 5.41) is 6.91. The van der Waals surface area contributed by atoms with E-state index in [4.69, 9.17) is 4.43 Å². The molecule has 3 heterocycles. The van der Waals surface area contributed by atoms with Gasteiger partial charge in [0.25, 0.3) is 0 Å². The van der Waals surface area contributed by atoms with Gasteiger partial charge in [-0.2, -0.15) is 25.3 Å². The third-order valence-electron chi connectivity index (χ3n) is 6.45. The SMILES string of the molecule is CC1(C)CC[Si](C(=O)C2NCCC2S)(C(=O)C2NCCC2S)[Si](C)(C)O1. The van der Waals surface area contributed by atoms with Crippen molar-refractivity contribution in [3.63, 3.8) is 0 Å². The zero-order valence-corrected chi connectivity index (χ0v) is 20.0. The molecule has 0 aliphatic carbocycles. The largest absolute Gasteiger partial charge is 0.414 e. The van der Waals surface area contributed by atoms with Crippen LogP contribution in [0.15, 0.2) is 0 Å². The summed E-state index contributed by atoms with van der Waals surface area (Å²) in [7, 11) is -5.54.